The van der Waals surface area contributed by atoms with E-state index < -0.39 is 0 Å². The van der Waals surface area contributed by atoms with E-state index in [9.17, 15) is 4.39 Å². The number of nitrogens with one attached hydrogen (secondary N) is 1. The third-order valence-corrected chi connectivity index (χ3v) is 4.12. The molecule has 0 spiro atoms. The van der Waals surface area contributed by atoms with Crippen LogP contribution in [0.3, 0.4) is 0 Å². The van der Waals surface area contributed by atoms with Crippen LogP contribution in [0.2, 0.25) is 0 Å². The number of nitriles is 1. The smallest absolute Gasteiger partial charge is 0.148 e. The molecule has 1 aromatic heterocycles. The molecule has 0 aliphatic heterocycles. The molecule has 3 aromatic rings. The number of para-hydroxylation sites is 1. The first-order valence-electron chi connectivity index (χ1n) is 6.86. The molecule has 0 aliphatic rings. The van der Waals surface area contributed by atoms with Gasteiger partial charge in [-0.3, -0.25) is 0 Å². The van der Waals surface area contributed by atoms with Crippen LogP contribution < -0.4 is 5.32 Å². The number of rotatable bonds is 3. The van der Waals surface area contributed by atoms with Gasteiger partial charge in [0.05, 0.1) is 23.1 Å². The fourth-order valence-electron chi connectivity index (χ4n) is 2.24. The van der Waals surface area contributed by atoms with Crippen LogP contribution >= 0.6 is 15.9 Å². The van der Waals surface area contributed by atoms with Crippen molar-refractivity contribution in [2.45, 2.75) is 6.92 Å². The minimum Gasteiger partial charge on any atom is -0.353 e. The molecular weight excluding hydrogens is 359 g/mol. The van der Waals surface area contributed by atoms with Crippen molar-refractivity contribution >= 4 is 27.3 Å². The monoisotopic (exact) mass is 370 g/mol. The maximum absolute atomic E-state index is 13.9. The Labute approximate surface area is 141 Å². The van der Waals surface area contributed by atoms with Crippen LogP contribution in [-0.4, -0.2) is 9.78 Å². The molecule has 23 heavy (non-hydrogen) atoms. The van der Waals surface area contributed by atoms with Gasteiger partial charge >= 0.3 is 0 Å². The summed E-state index contributed by atoms with van der Waals surface area (Å²) in [5, 5.41) is 16.4. The summed E-state index contributed by atoms with van der Waals surface area (Å²) in [4.78, 5) is 0. The molecule has 0 saturated heterocycles. The predicted molar refractivity (Wildman–Crippen MR) is 90.4 cm³/mol. The van der Waals surface area contributed by atoms with E-state index in [1.54, 1.807) is 35.1 Å². The Balaban J connectivity index is 1.93. The zero-order valence-electron chi connectivity index (χ0n) is 12.2. The van der Waals surface area contributed by atoms with Gasteiger partial charge in [0.1, 0.15) is 17.6 Å². The minimum atomic E-state index is -0.327. The first kappa shape index (κ1) is 15.3. The third-order valence-electron chi connectivity index (χ3n) is 3.46. The summed E-state index contributed by atoms with van der Waals surface area (Å²) in [7, 11) is 0. The van der Waals surface area contributed by atoms with Crippen LogP contribution in [0.5, 0.6) is 0 Å². The van der Waals surface area contributed by atoms with Gasteiger partial charge in [-0.2, -0.15) is 10.4 Å². The van der Waals surface area contributed by atoms with Crippen LogP contribution in [0.25, 0.3) is 5.69 Å². The highest BCUT2D eigenvalue weighted by atomic mass is 79.9. The second-order valence-corrected chi connectivity index (χ2v) is 5.79. The normalized spacial score (nSPS) is 10.3. The summed E-state index contributed by atoms with van der Waals surface area (Å²) >= 11 is 3.36. The van der Waals surface area contributed by atoms with Crippen molar-refractivity contribution in [3.63, 3.8) is 0 Å². The van der Waals surface area contributed by atoms with Crippen molar-refractivity contribution in [3.05, 3.63) is 70.2 Å². The molecule has 0 unspecified atom stereocenters. The Morgan fingerprint density at radius 3 is 2.74 bits per heavy atom. The average molecular weight is 371 g/mol. The van der Waals surface area contributed by atoms with Crippen LogP contribution in [0.4, 0.5) is 15.8 Å². The number of nitrogens with zero attached hydrogens (tertiary/aromatic N) is 3. The van der Waals surface area contributed by atoms with E-state index in [4.69, 9.17) is 5.26 Å². The number of benzene rings is 2. The highest BCUT2D eigenvalue weighted by Gasteiger charge is 2.11. The Bertz CT molecular complexity index is 911. The van der Waals surface area contributed by atoms with E-state index in [2.05, 4.69) is 32.4 Å². The maximum Gasteiger partial charge on any atom is 0.148 e. The molecular formula is C17H12BrFN4. The maximum atomic E-state index is 13.9. The fourth-order valence-corrected chi connectivity index (χ4v) is 2.71. The molecule has 0 bridgehead atoms. The molecule has 0 saturated carbocycles. The third kappa shape index (κ3) is 2.96. The molecule has 1 heterocycles. The average Bonchev–Trinajstić information content (AvgIpc) is 2.89. The van der Waals surface area contributed by atoms with E-state index in [0.29, 0.717) is 15.7 Å². The first-order valence-corrected chi connectivity index (χ1v) is 7.65. The lowest BCUT2D eigenvalue weighted by molar-refractivity contribution is 0.608. The van der Waals surface area contributed by atoms with Gasteiger partial charge in [-0.1, -0.05) is 12.1 Å². The van der Waals surface area contributed by atoms with Crippen molar-refractivity contribution < 1.29 is 4.39 Å². The number of hydrogen-bond donors (Lipinski definition) is 1. The Hall–Kier alpha value is -2.65. The summed E-state index contributed by atoms with van der Waals surface area (Å²) in [6.07, 6.45) is 1.65. The SMILES string of the molecule is Cc1c(Nc2ccc(C#N)c(Br)c2)cnn1-c1ccccc1F. The summed E-state index contributed by atoms with van der Waals surface area (Å²) in [6, 6.07) is 13.9. The predicted octanol–water partition coefficient (Wildman–Crippen LogP) is 4.70. The van der Waals surface area contributed by atoms with Gasteiger partial charge in [-0.25, -0.2) is 9.07 Å². The quantitative estimate of drug-likeness (QED) is 0.726. The molecule has 4 nitrogen and oxygen atoms in total. The fraction of sp³-hybridized carbons (Fsp3) is 0.0588. The van der Waals surface area contributed by atoms with Gasteiger partial charge in [-0.05, 0) is 53.2 Å². The Morgan fingerprint density at radius 1 is 1.26 bits per heavy atom. The highest BCUT2D eigenvalue weighted by Crippen LogP contribution is 2.26. The largest absolute Gasteiger partial charge is 0.353 e. The summed E-state index contributed by atoms with van der Waals surface area (Å²) in [5.41, 5.74) is 3.33. The molecule has 2 aromatic carbocycles. The molecule has 0 fully saturated rings. The molecule has 0 radical (unpaired) electrons. The van der Waals surface area contributed by atoms with Gasteiger partial charge in [0.25, 0.3) is 0 Å². The van der Waals surface area contributed by atoms with E-state index in [1.807, 2.05) is 19.1 Å². The zero-order chi connectivity index (χ0) is 16.4. The van der Waals surface area contributed by atoms with Crippen molar-refractivity contribution in [1.82, 2.24) is 9.78 Å². The molecule has 114 valence electrons. The van der Waals surface area contributed by atoms with Crippen molar-refractivity contribution in [2.24, 2.45) is 0 Å². The summed E-state index contributed by atoms with van der Waals surface area (Å²) < 4.78 is 16.2. The van der Waals surface area contributed by atoms with Crippen LogP contribution in [-0.2, 0) is 0 Å². The zero-order valence-corrected chi connectivity index (χ0v) is 13.8. The molecule has 6 heteroatoms. The lowest BCUT2D eigenvalue weighted by atomic mass is 10.2. The Kier molecular flexibility index (Phi) is 4.13. The molecule has 1 N–H and O–H groups in total. The Morgan fingerprint density at radius 2 is 2.04 bits per heavy atom. The van der Waals surface area contributed by atoms with E-state index >= 15 is 0 Å². The minimum absolute atomic E-state index is 0.327. The van der Waals surface area contributed by atoms with Crippen molar-refractivity contribution in [1.29, 1.82) is 5.26 Å². The van der Waals surface area contributed by atoms with Crippen LogP contribution in [0.15, 0.2) is 53.1 Å². The van der Waals surface area contributed by atoms with Crippen molar-refractivity contribution in [3.8, 4) is 11.8 Å². The highest BCUT2D eigenvalue weighted by molar-refractivity contribution is 9.10. The standard InChI is InChI=1S/C17H12BrFN4/c1-11-16(22-13-7-6-12(9-20)14(18)8-13)10-21-23(11)17-5-3-2-4-15(17)19/h2-8,10,22H,1H3. The first-order chi connectivity index (χ1) is 11.1. The lowest BCUT2D eigenvalue weighted by Crippen LogP contribution is -2.02. The number of hydrogen-bond acceptors (Lipinski definition) is 3. The van der Waals surface area contributed by atoms with Gasteiger partial charge in [0.2, 0.25) is 0 Å². The van der Waals surface area contributed by atoms with Crippen LogP contribution in [0.1, 0.15) is 11.3 Å². The van der Waals surface area contributed by atoms with Gasteiger partial charge < -0.3 is 5.32 Å². The van der Waals surface area contributed by atoms with E-state index in [1.165, 1.54) is 6.07 Å². The van der Waals surface area contributed by atoms with E-state index in [-0.39, 0.29) is 5.82 Å². The summed E-state index contributed by atoms with van der Waals surface area (Å²) in [5.74, 6) is -0.327. The second kappa shape index (κ2) is 6.23. The number of anilines is 2. The number of halogens is 2. The molecule has 0 atom stereocenters. The lowest BCUT2D eigenvalue weighted by Gasteiger charge is -2.09. The molecule has 0 amide bonds. The topological polar surface area (TPSA) is 53.6 Å². The van der Waals surface area contributed by atoms with Gasteiger partial charge in [0, 0.05) is 10.2 Å². The number of aromatic nitrogens is 2. The molecule has 3 rings (SSSR count). The van der Waals surface area contributed by atoms with E-state index in [0.717, 1.165) is 17.1 Å². The van der Waals surface area contributed by atoms with Crippen LogP contribution in [0, 0.1) is 24.1 Å². The van der Waals surface area contributed by atoms with Crippen molar-refractivity contribution in [2.75, 3.05) is 5.32 Å². The molecule has 0 aliphatic carbocycles. The summed E-state index contributed by atoms with van der Waals surface area (Å²) in [6.45, 7) is 1.86. The van der Waals surface area contributed by atoms with Gasteiger partial charge in [-0.15, -0.1) is 0 Å². The second-order valence-electron chi connectivity index (χ2n) is 4.94. The van der Waals surface area contributed by atoms with Gasteiger partial charge in [0.15, 0.2) is 0 Å².